The van der Waals surface area contributed by atoms with Crippen molar-refractivity contribution in [3.8, 4) is 0 Å². The van der Waals surface area contributed by atoms with Crippen molar-refractivity contribution >= 4 is 12.4 Å². The molecule has 5 nitrogen and oxygen atoms in total. The molecule has 0 fully saturated rings. The van der Waals surface area contributed by atoms with Crippen LogP contribution < -0.4 is 5.32 Å². The van der Waals surface area contributed by atoms with Gasteiger partial charge in [0.15, 0.2) is 0 Å². The largest absolute Gasteiger partial charge is 0.467 e. The summed E-state index contributed by atoms with van der Waals surface area (Å²) in [4.78, 5) is 22.1. The molecule has 1 amide bonds. The van der Waals surface area contributed by atoms with Crippen molar-refractivity contribution in [1.82, 2.24) is 5.32 Å². The number of furan rings is 1. The van der Waals surface area contributed by atoms with Gasteiger partial charge in [-0.15, -0.1) is 0 Å². The van der Waals surface area contributed by atoms with E-state index in [1.54, 1.807) is 32.9 Å². The molecular weight excluding hydrogens is 222 g/mol. The maximum Gasteiger partial charge on any atom is 0.408 e. The Labute approximate surface area is 100 Å². The predicted molar refractivity (Wildman–Crippen MR) is 61.5 cm³/mol. The molecule has 0 saturated heterocycles. The zero-order chi connectivity index (χ0) is 12.9. The smallest absolute Gasteiger partial charge is 0.408 e. The van der Waals surface area contributed by atoms with E-state index in [1.165, 1.54) is 6.26 Å². The molecular formula is C12H17NO4. The van der Waals surface area contributed by atoms with Crippen molar-refractivity contribution in [2.75, 3.05) is 0 Å². The molecule has 1 heterocycles. The van der Waals surface area contributed by atoms with E-state index >= 15 is 0 Å². The molecule has 0 spiro atoms. The molecule has 0 aliphatic rings. The number of aldehydes is 1. The van der Waals surface area contributed by atoms with Crippen LogP contribution in [-0.4, -0.2) is 18.0 Å². The van der Waals surface area contributed by atoms with Crippen molar-refractivity contribution in [2.24, 2.45) is 0 Å². The van der Waals surface area contributed by atoms with E-state index in [2.05, 4.69) is 5.32 Å². The Morgan fingerprint density at radius 3 is 2.76 bits per heavy atom. The Hall–Kier alpha value is -1.78. The van der Waals surface area contributed by atoms with Crippen LogP contribution in [0.2, 0.25) is 0 Å². The summed E-state index contributed by atoms with van der Waals surface area (Å²) < 4.78 is 10.3. The minimum absolute atomic E-state index is 0.146. The van der Waals surface area contributed by atoms with Gasteiger partial charge >= 0.3 is 6.09 Å². The molecule has 0 bridgehead atoms. The van der Waals surface area contributed by atoms with Gasteiger partial charge in [-0.1, -0.05) is 0 Å². The van der Waals surface area contributed by atoms with Crippen LogP contribution in [0.4, 0.5) is 4.79 Å². The molecule has 17 heavy (non-hydrogen) atoms. The molecule has 0 unspecified atom stereocenters. The fraction of sp³-hybridized carbons (Fsp3) is 0.500. The number of carbonyl (C=O) groups excluding carboxylic acids is 2. The van der Waals surface area contributed by atoms with Crippen LogP contribution in [0.3, 0.4) is 0 Å². The summed E-state index contributed by atoms with van der Waals surface area (Å²) in [6, 6.07) is 2.91. The van der Waals surface area contributed by atoms with E-state index < -0.39 is 17.7 Å². The SMILES string of the molecule is CC(C)(C)OC(=O)N[C@@H](CC=O)c1ccco1. The highest BCUT2D eigenvalue weighted by atomic mass is 16.6. The molecule has 94 valence electrons. The zero-order valence-corrected chi connectivity index (χ0v) is 10.2. The fourth-order valence-corrected chi connectivity index (χ4v) is 1.28. The number of hydrogen-bond acceptors (Lipinski definition) is 4. The number of hydrogen-bond donors (Lipinski definition) is 1. The molecule has 0 aliphatic carbocycles. The van der Waals surface area contributed by atoms with Gasteiger partial charge in [0.05, 0.1) is 12.3 Å². The number of nitrogens with one attached hydrogen (secondary N) is 1. The molecule has 5 heteroatoms. The number of carbonyl (C=O) groups is 2. The van der Waals surface area contributed by atoms with Crippen LogP contribution >= 0.6 is 0 Å². The molecule has 0 radical (unpaired) electrons. The Balaban J connectivity index is 2.62. The van der Waals surface area contributed by atoms with Crippen molar-refractivity contribution in [3.63, 3.8) is 0 Å². The summed E-state index contributed by atoms with van der Waals surface area (Å²) in [6.07, 6.45) is 1.79. The average Bonchev–Trinajstić information content (AvgIpc) is 2.66. The van der Waals surface area contributed by atoms with Crippen molar-refractivity contribution in [3.05, 3.63) is 24.2 Å². The van der Waals surface area contributed by atoms with Crippen molar-refractivity contribution < 1.29 is 18.7 Å². The van der Waals surface area contributed by atoms with E-state index in [4.69, 9.17) is 9.15 Å². The summed E-state index contributed by atoms with van der Waals surface area (Å²) in [5.41, 5.74) is -0.570. The monoisotopic (exact) mass is 239 g/mol. The van der Waals surface area contributed by atoms with Gasteiger partial charge in [-0.2, -0.15) is 0 Å². The van der Waals surface area contributed by atoms with Gasteiger partial charge in [-0.05, 0) is 32.9 Å². The zero-order valence-electron chi connectivity index (χ0n) is 10.2. The summed E-state index contributed by atoms with van der Waals surface area (Å²) in [5, 5.41) is 2.59. The molecule has 1 rings (SSSR count). The molecule has 0 aromatic carbocycles. The first-order chi connectivity index (χ1) is 7.92. The molecule has 1 aromatic heterocycles. The fourth-order valence-electron chi connectivity index (χ4n) is 1.28. The van der Waals surface area contributed by atoms with Crippen LogP contribution in [0.5, 0.6) is 0 Å². The molecule has 1 N–H and O–H groups in total. The van der Waals surface area contributed by atoms with Gasteiger partial charge in [-0.3, -0.25) is 0 Å². The van der Waals surface area contributed by atoms with Gasteiger partial charge in [0, 0.05) is 6.42 Å². The van der Waals surface area contributed by atoms with Crippen LogP contribution in [0, 0.1) is 0 Å². The maximum absolute atomic E-state index is 11.5. The lowest BCUT2D eigenvalue weighted by molar-refractivity contribution is -0.108. The van der Waals surface area contributed by atoms with Crippen LogP contribution in [-0.2, 0) is 9.53 Å². The van der Waals surface area contributed by atoms with Crippen LogP contribution in [0.25, 0.3) is 0 Å². The highest BCUT2D eigenvalue weighted by Crippen LogP contribution is 2.17. The van der Waals surface area contributed by atoms with Gasteiger partial charge < -0.3 is 19.3 Å². The van der Waals surface area contributed by atoms with Crippen LogP contribution in [0.1, 0.15) is 39.0 Å². The number of amides is 1. The van der Waals surface area contributed by atoms with Gasteiger partial charge in [-0.25, -0.2) is 4.79 Å². The standard InChI is InChI=1S/C12H17NO4/c1-12(2,3)17-11(15)13-9(6-7-14)10-5-4-8-16-10/h4-5,7-9H,6H2,1-3H3,(H,13,15)/t9-/m0/s1. The number of alkyl carbamates (subject to hydrolysis) is 1. The van der Waals surface area contributed by atoms with Crippen molar-refractivity contribution in [2.45, 2.75) is 38.8 Å². The van der Waals surface area contributed by atoms with Crippen LogP contribution in [0.15, 0.2) is 22.8 Å². The third kappa shape index (κ3) is 4.72. The highest BCUT2D eigenvalue weighted by Gasteiger charge is 2.21. The van der Waals surface area contributed by atoms with E-state index in [-0.39, 0.29) is 6.42 Å². The lowest BCUT2D eigenvalue weighted by Gasteiger charge is -2.22. The topological polar surface area (TPSA) is 68.5 Å². The molecule has 0 saturated carbocycles. The highest BCUT2D eigenvalue weighted by molar-refractivity contribution is 5.69. The van der Waals surface area contributed by atoms with E-state index in [1.807, 2.05) is 0 Å². The molecule has 1 aromatic rings. The Morgan fingerprint density at radius 2 is 2.29 bits per heavy atom. The second-order valence-electron chi connectivity index (χ2n) is 4.62. The maximum atomic E-state index is 11.5. The Morgan fingerprint density at radius 1 is 1.59 bits per heavy atom. The Bertz CT molecular complexity index is 364. The molecule has 1 atom stereocenters. The number of ether oxygens (including phenoxy) is 1. The number of rotatable bonds is 4. The van der Waals surface area contributed by atoms with E-state index in [0.717, 1.165) is 6.29 Å². The third-order valence-electron chi connectivity index (χ3n) is 1.91. The van der Waals surface area contributed by atoms with E-state index in [9.17, 15) is 9.59 Å². The summed E-state index contributed by atoms with van der Waals surface area (Å²) in [7, 11) is 0. The quantitative estimate of drug-likeness (QED) is 0.819. The van der Waals surface area contributed by atoms with Crippen molar-refractivity contribution in [1.29, 1.82) is 0 Å². The third-order valence-corrected chi connectivity index (χ3v) is 1.91. The van der Waals surface area contributed by atoms with Gasteiger partial charge in [0.1, 0.15) is 17.6 Å². The predicted octanol–water partition coefficient (Wildman–Crippen LogP) is 2.43. The van der Waals surface area contributed by atoms with E-state index in [0.29, 0.717) is 5.76 Å². The lowest BCUT2D eigenvalue weighted by Crippen LogP contribution is -2.35. The summed E-state index contributed by atoms with van der Waals surface area (Å²) in [5.74, 6) is 0.531. The normalized spacial score (nSPS) is 12.9. The Kier molecular flexibility index (Phi) is 4.31. The average molecular weight is 239 g/mol. The minimum Gasteiger partial charge on any atom is -0.467 e. The summed E-state index contributed by atoms with van der Waals surface area (Å²) in [6.45, 7) is 5.32. The second kappa shape index (κ2) is 5.52. The first kappa shape index (κ1) is 13.3. The molecule has 0 aliphatic heterocycles. The minimum atomic E-state index is -0.570. The van der Waals surface area contributed by atoms with Gasteiger partial charge in [0.25, 0.3) is 0 Å². The lowest BCUT2D eigenvalue weighted by atomic mass is 10.1. The second-order valence-corrected chi connectivity index (χ2v) is 4.62. The first-order valence-electron chi connectivity index (χ1n) is 5.39. The van der Waals surface area contributed by atoms with Gasteiger partial charge in [0.2, 0.25) is 0 Å². The summed E-state index contributed by atoms with van der Waals surface area (Å²) >= 11 is 0. The first-order valence-corrected chi connectivity index (χ1v) is 5.39.